The quantitative estimate of drug-likeness (QED) is 0.783. The fourth-order valence-electron chi connectivity index (χ4n) is 2.70. The number of ether oxygens (including phenoxy) is 2. The Morgan fingerprint density at radius 2 is 2.09 bits per heavy atom. The van der Waals surface area contributed by atoms with E-state index >= 15 is 0 Å². The molecule has 6 heteroatoms. The highest BCUT2D eigenvalue weighted by molar-refractivity contribution is 6.29. The molecule has 0 amide bonds. The summed E-state index contributed by atoms with van der Waals surface area (Å²) in [6.45, 7) is 4.23. The van der Waals surface area contributed by atoms with Crippen LogP contribution >= 0.6 is 11.6 Å². The van der Waals surface area contributed by atoms with Gasteiger partial charge in [-0.3, -0.25) is 0 Å². The molecule has 1 saturated heterocycles. The molecule has 0 aliphatic carbocycles. The summed E-state index contributed by atoms with van der Waals surface area (Å²) >= 11 is 5.96. The maximum Gasteiger partial charge on any atom is 0.226 e. The van der Waals surface area contributed by atoms with Crippen molar-refractivity contribution >= 4 is 17.5 Å². The van der Waals surface area contributed by atoms with Gasteiger partial charge in [-0.25, -0.2) is 9.97 Å². The molecule has 5 nitrogen and oxygen atoms in total. The third-order valence-corrected chi connectivity index (χ3v) is 3.92. The van der Waals surface area contributed by atoms with E-state index in [1.165, 1.54) is 0 Å². The van der Waals surface area contributed by atoms with Gasteiger partial charge in [0.1, 0.15) is 11.3 Å². The summed E-state index contributed by atoms with van der Waals surface area (Å²) in [4.78, 5) is 10.7. The Balaban J connectivity index is 1.70. The number of benzene rings is 1. The summed E-state index contributed by atoms with van der Waals surface area (Å²) in [7, 11) is 0. The second-order valence-corrected chi connectivity index (χ2v) is 5.77. The highest BCUT2D eigenvalue weighted by Crippen LogP contribution is 2.29. The Hall–Kier alpha value is -2.01. The van der Waals surface area contributed by atoms with Gasteiger partial charge in [-0.05, 0) is 38.0 Å². The first-order valence-corrected chi connectivity index (χ1v) is 8.26. The number of hydrogen-bond donors (Lipinski definition) is 0. The van der Waals surface area contributed by atoms with E-state index in [1.807, 2.05) is 31.2 Å². The minimum atomic E-state index is 0.0768. The Morgan fingerprint density at radius 3 is 2.87 bits per heavy atom. The average Bonchev–Trinajstić information content (AvgIpc) is 2.57. The van der Waals surface area contributed by atoms with Crippen LogP contribution in [-0.4, -0.2) is 35.8 Å². The van der Waals surface area contributed by atoms with Gasteiger partial charge >= 0.3 is 0 Å². The zero-order valence-corrected chi connectivity index (χ0v) is 13.9. The summed E-state index contributed by atoms with van der Waals surface area (Å²) in [5.41, 5.74) is 0. The molecule has 1 atom stereocenters. The van der Waals surface area contributed by atoms with Crippen molar-refractivity contribution in [3.05, 3.63) is 41.7 Å². The minimum Gasteiger partial charge on any atom is -0.490 e. The van der Waals surface area contributed by atoms with Crippen LogP contribution in [0.4, 0.5) is 5.95 Å². The highest BCUT2D eigenvalue weighted by Gasteiger charge is 2.24. The SMILES string of the molecule is CCOc1ccccc1O[C@@H]1CCCN(c2nccc(Cl)n2)C1. The minimum absolute atomic E-state index is 0.0768. The van der Waals surface area contributed by atoms with Crippen molar-refractivity contribution in [1.82, 2.24) is 9.97 Å². The van der Waals surface area contributed by atoms with E-state index in [4.69, 9.17) is 21.1 Å². The molecule has 0 bridgehead atoms. The highest BCUT2D eigenvalue weighted by atomic mass is 35.5. The molecule has 1 aliphatic heterocycles. The number of rotatable bonds is 5. The number of aromatic nitrogens is 2. The third-order valence-electron chi connectivity index (χ3n) is 3.71. The topological polar surface area (TPSA) is 47.5 Å². The largest absolute Gasteiger partial charge is 0.490 e. The maximum atomic E-state index is 6.17. The van der Waals surface area contributed by atoms with Crippen LogP contribution in [0.3, 0.4) is 0 Å². The lowest BCUT2D eigenvalue weighted by Gasteiger charge is -2.33. The van der Waals surface area contributed by atoms with Crippen LogP contribution in [0.5, 0.6) is 11.5 Å². The number of piperidine rings is 1. The lowest BCUT2D eigenvalue weighted by molar-refractivity contribution is 0.169. The van der Waals surface area contributed by atoms with Crippen LogP contribution in [0.25, 0.3) is 0 Å². The van der Waals surface area contributed by atoms with Crippen LogP contribution < -0.4 is 14.4 Å². The monoisotopic (exact) mass is 333 g/mol. The zero-order chi connectivity index (χ0) is 16.1. The predicted octanol–water partition coefficient (Wildman–Crippen LogP) is 3.58. The summed E-state index contributed by atoms with van der Waals surface area (Å²) in [5, 5.41) is 0.458. The fourth-order valence-corrected chi connectivity index (χ4v) is 2.83. The van der Waals surface area contributed by atoms with Gasteiger partial charge in [-0.2, -0.15) is 0 Å². The Kier molecular flexibility index (Phi) is 5.18. The van der Waals surface area contributed by atoms with E-state index in [2.05, 4.69) is 14.9 Å². The van der Waals surface area contributed by atoms with Crippen molar-refractivity contribution in [1.29, 1.82) is 0 Å². The van der Waals surface area contributed by atoms with Gasteiger partial charge in [0.05, 0.1) is 13.2 Å². The van der Waals surface area contributed by atoms with Gasteiger partial charge in [0, 0.05) is 12.7 Å². The van der Waals surface area contributed by atoms with E-state index < -0.39 is 0 Å². The number of hydrogen-bond acceptors (Lipinski definition) is 5. The normalized spacial score (nSPS) is 17.8. The molecule has 23 heavy (non-hydrogen) atoms. The molecule has 0 radical (unpaired) electrons. The predicted molar refractivity (Wildman–Crippen MR) is 90.5 cm³/mol. The second-order valence-electron chi connectivity index (χ2n) is 5.39. The Morgan fingerprint density at radius 1 is 1.26 bits per heavy atom. The molecule has 0 unspecified atom stereocenters. The van der Waals surface area contributed by atoms with E-state index in [-0.39, 0.29) is 6.10 Å². The van der Waals surface area contributed by atoms with Gasteiger partial charge in [-0.15, -0.1) is 0 Å². The lowest BCUT2D eigenvalue weighted by atomic mass is 10.1. The number of anilines is 1. The lowest BCUT2D eigenvalue weighted by Crippen LogP contribution is -2.42. The van der Waals surface area contributed by atoms with Gasteiger partial charge in [0.15, 0.2) is 11.5 Å². The van der Waals surface area contributed by atoms with Gasteiger partial charge in [0.25, 0.3) is 0 Å². The number of halogens is 1. The molecule has 0 N–H and O–H groups in total. The molecule has 3 rings (SSSR count). The first kappa shape index (κ1) is 15.9. The first-order valence-electron chi connectivity index (χ1n) is 7.88. The number of nitrogens with zero attached hydrogens (tertiary/aromatic N) is 3. The molecule has 1 aromatic heterocycles. The Labute approximate surface area is 141 Å². The van der Waals surface area contributed by atoms with E-state index in [0.717, 1.165) is 37.4 Å². The third kappa shape index (κ3) is 4.05. The molecule has 122 valence electrons. The van der Waals surface area contributed by atoms with E-state index in [1.54, 1.807) is 12.3 Å². The average molecular weight is 334 g/mol. The standard InChI is InChI=1S/C17H20ClN3O2/c1-2-22-14-7-3-4-8-15(14)23-13-6-5-11-21(12-13)17-19-10-9-16(18)20-17/h3-4,7-10,13H,2,5-6,11-12H2,1H3/t13-/m1/s1. The molecule has 1 aliphatic rings. The smallest absolute Gasteiger partial charge is 0.226 e. The van der Waals surface area contributed by atoms with Crippen molar-refractivity contribution < 1.29 is 9.47 Å². The van der Waals surface area contributed by atoms with Crippen LogP contribution in [0.2, 0.25) is 5.15 Å². The van der Waals surface area contributed by atoms with Crippen LogP contribution in [0.1, 0.15) is 19.8 Å². The van der Waals surface area contributed by atoms with E-state index in [9.17, 15) is 0 Å². The Bertz CT molecular complexity index is 653. The molecular weight excluding hydrogens is 314 g/mol. The van der Waals surface area contributed by atoms with Crippen molar-refractivity contribution in [2.45, 2.75) is 25.9 Å². The van der Waals surface area contributed by atoms with Crippen molar-refractivity contribution in [3.8, 4) is 11.5 Å². The molecule has 0 spiro atoms. The van der Waals surface area contributed by atoms with Crippen molar-refractivity contribution in [2.24, 2.45) is 0 Å². The zero-order valence-electron chi connectivity index (χ0n) is 13.1. The van der Waals surface area contributed by atoms with Gasteiger partial charge < -0.3 is 14.4 Å². The molecule has 2 aromatic rings. The number of para-hydroxylation sites is 2. The molecule has 0 saturated carbocycles. The second kappa shape index (κ2) is 7.51. The van der Waals surface area contributed by atoms with Crippen molar-refractivity contribution in [3.63, 3.8) is 0 Å². The molecule has 2 heterocycles. The molecule has 1 aromatic carbocycles. The summed E-state index contributed by atoms with van der Waals surface area (Å²) in [6.07, 6.45) is 3.78. The molecular formula is C17H20ClN3O2. The summed E-state index contributed by atoms with van der Waals surface area (Å²) < 4.78 is 11.8. The maximum absolute atomic E-state index is 6.17. The van der Waals surface area contributed by atoms with Gasteiger partial charge in [0.2, 0.25) is 5.95 Å². The summed E-state index contributed by atoms with van der Waals surface area (Å²) in [6, 6.07) is 9.46. The van der Waals surface area contributed by atoms with Crippen LogP contribution in [0.15, 0.2) is 36.5 Å². The van der Waals surface area contributed by atoms with Crippen LogP contribution in [0, 0.1) is 0 Å². The summed E-state index contributed by atoms with van der Waals surface area (Å²) in [5.74, 6) is 2.23. The molecule has 1 fully saturated rings. The van der Waals surface area contributed by atoms with Gasteiger partial charge in [-0.1, -0.05) is 23.7 Å². The van der Waals surface area contributed by atoms with Crippen LogP contribution in [-0.2, 0) is 0 Å². The first-order chi connectivity index (χ1) is 11.3. The van der Waals surface area contributed by atoms with E-state index in [0.29, 0.717) is 17.7 Å². The van der Waals surface area contributed by atoms with Crippen molar-refractivity contribution in [2.75, 3.05) is 24.6 Å². The fraction of sp³-hybridized carbons (Fsp3) is 0.412.